The van der Waals surface area contributed by atoms with E-state index in [4.69, 9.17) is 14.2 Å². The largest absolute Gasteiger partial charge is 0.465 e. The number of allylic oxidation sites excluding steroid dienone is 4. The molecule has 1 saturated heterocycles. The summed E-state index contributed by atoms with van der Waals surface area (Å²) in [6.07, 6.45) is 15.1. The fraction of sp³-hybridized carbons (Fsp3) is 0.604. The number of esters is 2. The Kier molecular flexibility index (Phi) is 16.1. The lowest BCUT2D eigenvalue weighted by Gasteiger charge is -2.38. The summed E-state index contributed by atoms with van der Waals surface area (Å²) in [5.41, 5.74) is 3.62. The number of thiophene rings is 2. The normalized spacial score (nSPS) is 23.2. The predicted molar refractivity (Wildman–Crippen MR) is 259 cm³/mol. The van der Waals surface area contributed by atoms with Crippen molar-refractivity contribution < 1.29 is 38.2 Å². The minimum absolute atomic E-state index is 0.0337. The Morgan fingerprint density at radius 3 is 1.40 bits per heavy atom. The number of Topliss-reactive ketones (excluding diaryl/α,β-unsaturated/α-hetero) is 1. The van der Waals surface area contributed by atoms with Crippen LogP contribution in [0.15, 0.2) is 35.4 Å². The third kappa shape index (κ3) is 13.1. The SMILES string of the molecule is COC(=O)c1sc(C#CC(C)(C)C)cc1N(C(=O)[C@H]1CC=C(C)CC1)C1CCC(=O)CC1.COC(=O)c1sc(C#CC(C)(C)C)cc1N(C(=O)[C@H]1CC=C(C)CC1)C1CCC2(CC1)CO2. The third-order valence-corrected chi connectivity index (χ3v) is 15.0. The zero-order chi connectivity index (χ0) is 47.3. The molecule has 2 atom stereocenters. The van der Waals surface area contributed by atoms with E-state index in [1.807, 2.05) is 37.8 Å². The molecule has 5 aliphatic rings. The molecule has 4 aliphatic carbocycles. The molecule has 3 heterocycles. The van der Waals surface area contributed by atoms with Crippen molar-refractivity contribution in [2.45, 2.75) is 163 Å². The molecule has 2 saturated carbocycles. The van der Waals surface area contributed by atoms with Crippen molar-refractivity contribution in [1.82, 2.24) is 0 Å². The lowest BCUT2D eigenvalue weighted by Crippen LogP contribution is -2.47. The van der Waals surface area contributed by atoms with E-state index in [-0.39, 0.29) is 57.9 Å². The van der Waals surface area contributed by atoms with E-state index >= 15 is 0 Å². The topological polar surface area (TPSA) is 123 Å². The fourth-order valence-corrected chi connectivity index (χ4v) is 10.8. The number of ether oxygens (including phenoxy) is 3. The van der Waals surface area contributed by atoms with Gasteiger partial charge in [0.05, 0.1) is 47.6 Å². The Morgan fingerprint density at radius 2 is 1.06 bits per heavy atom. The number of hydrogen-bond donors (Lipinski definition) is 0. The molecule has 2 aromatic rings. The molecule has 350 valence electrons. The second kappa shape index (κ2) is 21.0. The van der Waals surface area contributed by atoms with Crippen LogP contribution >= 0.6 is 22.7 Å². The molecule has 0 unspecified atom stereocenters. The maximum absolute atomic E-state index is 14.0. The first kappa shape index (κ1) is 49.9. The molecule has 1 aliphatic heterocycles. The number of amides is 2. The molecular weight excluding hydrogens is 857 g/mol. The Bertz CT molecular complexity index is 2310. The Labute approximate surface area is 394 Å². The first-order chi connectivity index (χ1) is 30.7. The van der Waals surface area contributed by atoms with E-state index in [9.17, 15) is 24.0 Å². The van der Waals surface area contributed by atoms with Crippen molar-refractivity contribution in [3.8, 4) is 23.7 Å². The number of nitrogens with zero attached hydrogens (tertiary/aromatic N) is 2. The zero-order valence-corrected chi connectivity index (χ0v) is 41.8. The number of hydrogen-bond acceptors (Lipinski definition) is 10. The minimum Gasteiger partial charge on any atom is -0.465 e. The van der Waals surface area contributed by atoms with Crippen LogP contribution in [-0.4, -0.2) is 68.0 Å². The molecule has 1 spiro atoms. The monoisotopic (exact) mass is 924 g/mol. The smallest absolute Gasteiger partial charge is 0.350 e. The van der Waals surface area contributed by atoms with Crippen molar-refractivity contribution in [3.63, 3.8) is 0 Å². The summed E-state index contributed by atoms with van der Waals surface area (Å²) < 4.78 is 15.9. The summed E-state index contributed by atoms with van der Waals surface area (Å²) in [5.74, 6) is 12.2. The van der Waals surface area contributed by atoms with Gasteiger partial charge in [-0.05, 0) is 145 Å². The highest BCUT2D eigenvalue weighted by Crippen LogP contribution is 2.46. The number of epoxide rings is 1. The van der Waals surface area contributed by atoms with Gasteiger partial charge in [-0.1, -0.05) is 47.0 Å². The second-order valence-corrected chi connectivity index (χ2v) is 22.7. The van der Waals surface area contributed by atoms with Crippen LogP contribution in [0.3, 0.4) is 0 Å². The minimum atomic E-state index is -0.460. The van der Waals surface area contributed by atoms with Gasteiger partial charge < -0.3 is 24.0 Å². The fourth-order valence-electron chi connectivity index (χ4n) is 8.94. The molecular formula is C53H68N2O8S2. The van der Waals surface area contributed by atoms with Crippen LogP contribution < -0.4 is 9.80 Å². The van der Waals surface area contributed by atoms with E-state index < -0.39 is 11.9 Å². The quantitative estimate of drug-likeness (QED) is 0.111. The number of methoxy groups -OCH3 is 2. The average Bonchev–Trinajstić information content (AvgIpc) is 3.67. The van der Waals surface area contributed by atoms with Crippen molar-refractivity contribution in [2.24, 2.45) is 22.7 Å². The molecule has 10 nitrogen and oxygen atoms in total. The van der Waals surface area contributed by atoms with Gasteiger partial charge in [-0.3, -0.25) is 14.4 Å². The van der Waals surface area contributed by atoms with Gasteiger partial charge in [0.15, 0.2) is 0 Å². The molecule has 0 aromatic carbocycles. The average molecular weight is 925 g/mol. The standard InChI is InChI=1S/C27H35NO4S.C26H33NO4S/c1-18-6-8-19(9-7-18)24(29)28(20-10-14-27(15-11-20)17-32-27)22-16-21(12-13-26(2,3)4)33-23(22)25(30)31-5;1-17-6-8-18(9-7-17)24(29)27(19-10-12-20(28)13-11-19)22-16-21(14-15-26(2,3)4)32-23(22)25(30)31-5/h6,16,19-20H,7-11,14-15,17H2,1-5H3;6,16,18-19H,7-13H2,1-5H3/t19-,20?,27?;18-/m00/s1. The molecule has 7 rings (SSSR count). The highest BCUT2D eigenvalue weighted by atomic mass is 32.1. The highest BCUT2D eigenvalue weighted by molar-refractivity contribution is 7.15. The first-order valence-corrected chi connectivity index (χ1v) is 25.0. The van der Waals surface area contributed by atoms with Gasteiger partial charge in [0.2, 0.25) is 11.8 Å². The van der Waals surface area contributed by atoms with Crippen LogP contribution in [-0.2, 0) is 28.6 Å². The lowest BCUT2D eigenvalue weighted by molar-refractivity contribution is -0.125. The van der Waals surface area contributed by atoms with Gasteiger partial charge >= 0.3 is 11.9 Å². The predicted octanol–water partition coefficient (Wildman–Crippen LogP) is 11.2. The van der Waals surface area contributed by atoms with Crippen molar-refractivity contribution >= 4 is 63.6 Å². The van der Waals surface area contributed by atoms with Gasteiger partial charge in [-0.15, -0.1) is 22.7 Å². The van der Waals surface area contributed by atoms with Crippen LogP contribution in [0.2, 0.25) is 0 Å². The Hall–Kier alpha value is -4.49. The van der Waals surface area contributed by atoms with Gasteiger partial charge in [-0.2, -0.15) is 0 Å². The highest BCUT2D eigenvalue weighted by Gasteiger charge is 2.49. The van der Waals surface area contributed by atoms with E-state index in [0.717, 1.165) is 74.1 Å². The first-order valence-electron chi connectivity index (χ1n) is 23.3. The van der Waals surface area contributed by atoms with Crippen molar-refractivity contribution in [3.05, 3.63) is 54.9 Å². The summed E-state index contributed by atoms with van der Waals surface area (Å²) in [5, 5.41) is 0. The molecule has 3 fully saturated rings. The van der Waals surface area contributed by atoms with Crippen molar-refractivity contribution in [1.29, 1.82) is 0 Å². The number of carbonyl (C=O) groups is 5. The number of ketones is 1. The zero-order valence-electron chi connectivity index (χ0n) is 40.2. The van der Waals surface area contributed by atoms with Crippen LogP contribution in [0.1, 0.15) is 174 Å². The summed E-state index contributed by atoms with van der Waals surface area (Å²) in [4.78, 5) is 71.2. The maximum atomic E-state index is 14.0. The molecule has 2 amide bonds. The van der Waals surface area contributed by atoms with Gasteiger partial charge in [0.25, 0.3) is 0 Å². The number of rotatable bonds is 8. The van der Waals surface area contributed by atoms with Crippen molar-refractivity contribution in [2.75, 3.05) is 30.6 Å². The summed E-state index contributed by atoms with van der Waals surface area (Å²) in [7, 11) is 2.74. The molecule has 65 heavy (non-hydrogen) atoms. The molecule has 12 heteroatoms. The lowest BCUT2D eigenvalue weighted by atomic mass is 9.83. The second-order valence-electron chi connectivity index (χ2n) is 20.6. The van der Waals surface area contributed by atoms with Crippen LogP contribution in [0, 0.1) is 46.3 Å². The van der Waals surface area contributed by atoms with Gasteiger partial charge in [0, 0.05) is 47.6 Å². The van der Waals surface area contributed by atoms with Gasteiger partial charge in [-0.25, -0.2) is 9.59 Å². The molecule has 0 radical (unpaired) electrons. The number of carbonyl (C=O) groups excluding carboxylic acids is 5. The van der Waals surface area contributed by atoms with Crippen LogP contribution in [0.4, 0.5) is 11.4 Å². The van der Waals surface area contributed by atoms with E-state index in [1.54, 1.807) is 4.90 Å². The van der Waals surface area contributed by atoms with Crippen LogP contribution in [0.5, 0.6) is 0 Å². The summed E-state index contributed by atoms with van der Waals surface area (Å²) in [6.45, 7) is 17.3. The number of anilines is 2. The van der Waals surface area contributed by atoms with E-state index in [0.29, 0.717) is 53.2 Å². The Balaban J connectivity index is 0.000000216. The maximum Gasteiger partial charge on any atom is 0.350 e. The molecule has 0 bridgehead atoms. The van der Waals surface area contributed by atoms with E-state index in [2.05, 4.69) is 70.5 Å². The van der Waals surface area contributed by atoms with E-state index in [1.165, 1.54) is 48.0 Å². The summed E-state index contributed by atoms with van der Waals surface area (Å²) >= 11 is 2.59. The van der Waals surface area contributed by atoms with Crippen LogP contribution in [0.25, 0.3) is 0 Å². The Morgan fingerprint density at radius 1 is 0.662 bits per heavy atom. The molecule has 0 N–H and O–H groups in total. The van der Waals surface area contributed by atoms with Gasteiger partial charge in [0.1, 0.15) is 15.5 Å². The third-order valence-electron chi connectivity index (χ3n) is 12.9. The summed E-state index contributed by atoms with van der Waals surface area (Å²) in [6, 6.07) is 3.73. The molecule has 2 aromatic heterocycles.